The average molecular weight is 339 g/mol. The lowest BCUT2D eigenvalue weighted by molar-refractivity contribution is -0.139. The summed E-state index contributed by atoms with van der Waals surface area (Å²) in [6.45, 7) is 5.03. The van der Waals surface area contributed by atoms with Crippen LogP contribution in [-0.2, 0) is 4.79 Å². The second-order valence-electron chi connectivity index (χ2n) is 7.40. The van der Waals surface area contributed by atoms with E-state index in [1.807, 2.05) is 11.8 Å². The summed E-state index contributed by atoms with van der Waals surface area (Å²) >= 11 is 0. The van der Waals surface area contributed by atoms with Crippen molar-refractivity contribution in [1.82, 2.24) is 15.5 Å². The van der Waals surface area contributed by atoms with Crippen LogP contribution in [-0.4, -0.2) is 53.2 Å². The first-order valence-electron chi connectivity index (χ1n) is 9.54. The van der Waals surface area contributed by atoms with Crippen molar-refractivity contribution >= 4 is 12.0 Å². The quantitative estimate of drug-likeness (QED) is 0.635. The SMILES string of the molecule is CCCC1CCC(NC(=O)NC2CC(N(CC)CC(=O)O)C2)CC1. The molecule has 2 aliphatic rings. The van der Waals surface area contributed by atoms with Gasteiger partial charge in [0.1, 0.15) is 0 Å². The predicted molar refractivity (Wildman–Crippen MR) is 94.0 cm³/mol. The van der Waals surface area contributed by atoms with E-state index in [1.165, 1.54) is 25.7 Å². The van der Waals surface area contributed by atoms with Gasteiger partial charge < -0.3 is 15.7 Å². The number of nitrogens with zero attached hydrogens (tertiary/aromatic N) is 1. The van der Waals surface area contributed by atoms with Crippen molar-refractivity contribution < 1.29 is 14.7 Å². The number of hydrogen-bond acceptors (Lipinski definition) is 3. The van der Waals surface area contributed by atoms with Crippen LogP contribution in [0, 0.1) is 5.92 Å². The fraction of sp³-hybridized carbons (Fsp3) is 0.889. The number of rotatable bonds is 8. The van der Waals surface area contributed by atoms with Crippen LogP contribution < -0.4 is 10.6 Å². The van der Waals surface area contributed by atoms with Gasteiger partial charge in [-0.3, -0.25) is 9.69 Å². The molecule has 2 aliphatic carbocycles. The summed E-state index contributed by atoms with van der Waals surface area (Å²) in [6.07, 6.45) is 8.89. The molecule has 0 atom stereocenters. The molecule has 0 aromatic rings. The summed E-state index contributed by atoms with van der Waals surface area (Å²) in [6, 6.07) is 0.710. The van der Waals surface area contributed by atoms with Crippen LogP contribution in [0.15, 0.2) is 0 Å². The Bertz CT molecular complexity index is 416. The third kappa shape index (κ3) is 5.65. The van der Waals surface area contributed by atoms with E-state index in [0.717, 1.165) is 38.1 Å². The maximum Gasteiger partial charge on any atom is 0.317 e. The Morgan fingerprint density at radius 1 is 1.04 bits per heavy atom. The molecule has 0 radical (unpaired) electrons. The number of nitrogens with one attached hydrogen (secondary N) is 2. The minimum absolute atomic E-state index is 0.0568. The molecule has 0 aromatic heterocycles. The van der Waals surface area contributed by atoms with E-state index >= 15 is 0 Å². The maximum absolute atomic E-state index is 12.1. The van der Waals surface area contributed by atoms with E-state index in [1.54, 1.807) is 0 Å². The third-order valence-corrected chi connectivity index (χ3v) is 5.59. The van der Waals surface area contributed by atoms with E-state index in [9.17, 15) is 9.59 Å². The number of carbonyl (C=O) groups excluding carboxylic acids is 1. The molecule has 6 nitrogen and oxygen atoms in total. The molecule has 0 aliphatic heterocycles. The van der Waals surface area contributed by atoms with Gasteiger partial charge in [-0.1, -0.05) is 26.7 Å². The molecular weight excluding hydrogens is 306 g/mol. The fourth-order valence-corrected chi connectivity index (χ4v) is 4.09. The largest absolute Gasteiger partial charge is 0.480 e. The van der Waals surface area contributed by atoms with Crippen LogP contribution in [0.2, 0.25) is 0 Å². The normalized spacial score (nSPS) is 29.8. The van der Waals surface area contributed by atoms with Gasteiger partial charge in [0.2, 0.25) is 0 Å². The number of carboxylic acid groups (broad SMARTS) is 1. The summed E-state index contributed by atoms with van der Waals surface area (Å²) in [4.78, 5) is 24.9. The standard InChI is InChI=1S/C18H33N3O3/c1-3-5-13-6-8-14(9-7-13)19-18(24)20-15-10-16(11-15)21(4-2)12-17(22)23/h13-16H,3-12H2,1-2H3,(H,22,23)(H2,19,20,24). The lowest BCUT2D eigenvalue weighted by Gasteiger charge is -2.42. The van der Waals surface area contributed by atoms with Gasteiger partial charge in [0.15, 0.2) is 0 Å². The molecule has 2 saturated carbocycles. The molecule has 24 heavy (non-hydrogen) atoms. The van der Waals surface area contributed by atoms with Crippen molar-refractivity contribution in [3.05, 3.63) is 0 Å². The van der Waals surface area contributed by atoms with Crippen molar-refractivity contribution in [3.63, 3.8) is 0 Å². The molecule has 0 heterocycles. The first kappa shape index (κ1) is 19.0. The molecule has 0 unspecified atom stereocenters. The predicted octanol–water partition coefficient (Wildman–Crippen LogP) is 2.58. The summed E-state index contributed by atoms with van der Waals surface area (Å²) in [5.74, 6) is 0.0578. The van der Waals surface area contributed by atoms with E-state index < -0.39 is 5.97 Å². The molecule has 3 N–H and O–H groups in total. The minimum Gasteiger partial charge on any atom is -0.480 e. The molecule has 2 rings (SSSR count). The first-order valence-corrected chi connectivity index (χ1v) is 9.54. The molecule has 6 heteroatoms. The van der Waals surface area contributed by atoms with Crippen molar-refractivity contribution in [2.75, 3.05) is 13.1 Å². The minimum atomic E-state index is -0.787. The number of carboxylic acids is 1. The maximum atomic E-state index is 12.1. The van der Waals surface area contributed by atoms with Gasteiger partial charge in [0, 0.05) is 18.1 Å². The van der Waals surface area contributed by atoms with E-state index in [2.05, 4.69) is 17.6 Å². The monoisotopic (exact) mass is 339 g/mol. The lowest BCUT2D eigenvalue weighted by atomic mass is 9.83. The smallest absolute Gasteiger partial charge is 0.317 e. The Balaban J connectivity index is 1.62. The summed E-state index contributed by atoms with van der Waals surface area (Å²) in [5, 5.41) is 15.1. The molecule has 0 spiro atoms. The van der Waals surface area contributed by atoms with Crippen LogP contribution in [0.5, 0.6) is 0 Å². The molecule has 138 valence electrons. The number of carbonyl (C=O) groups is 2. The van der Waals surface area contributed by atoms with Gasteiger partial charge in [0.25, 0.3) is 0 Å². The highest BCUT2D eigenvalue weighted by molar-refractivity contribution is 5.74. The van der Waals surface area contributed by atoms with Crippen LogP contribution in [0.4, 0.5) is 4.79 Å². The Kier molecular flexibility index (Phi) is 7.34. The second kappa shape index (κ2) is 9.25. The van der Waals surface area contributed by atoms with Crippen LogP contribution >= 0.6 is 0 Å². The molecule has 2 amide bonds. The Labute approximate surface area is 145 Å². The van der Waals surface area contributed by atoms with E-state index in [4.69, 9.17) is 5.11 Å². The first-order chi connectivity index (χ1) is 11.5. The number of aliphatic carboxylic acids is 1. The zero-order chi connectivity index (χ0) is 17.5. The van der Waals surface area contributed by atoms with E-state index in [0.29, 0.717) is 6.04 Å². The highest BCUT2D eigenvalue weighted by atomic mass is 16.4. The van der Waals surface area contributed by atoms with Crippen molar-refractivity contribution in [2.45, 2.75) is 83.3 Å². The van der Waals surface area contributed by atoms with Gasteiger partial charge in [0.05, 0.1) is 6.54 Å². The van der Waals surface area contributed by atoms with Crippen LogP contribution in [0.25, 0.3) is 0 Å². The van der Waals surface area contributed by atoms with E-state index in [-0.39, 0.29) is 24.7 Å². The van der Waals surface area contributed by atoms with Gasteiger partial charge >= 0.3 is 12.0 Å². The summed E-state index contributed by atoms with van der Waals surface area (Å²) in [7, 11) is 0. The Morgan fingerprint density at radius 3 is 2.21 bits per heavy atom. The summed E-state index contributed by atoms with van der Waals surface area (Å²) in [5.41, 5.74) is 0. The van der Waals surface area contributed by atoms with Crippen LogP contribution in [0.3, 0.4) is 0 Å². The molecular formula is C18H33N3O3. The van der Waals surface area contributed by atoms with Gasteiger partial charge in [-0.15, -0.1) is 0 Å². The van der Waals surface area contributed by atoms with Gasteiger partial charge in [-0.2, -0.15) is 0 Å². The summed E-state index contributed by atoms with van der Waals surface area (Å²) < 4.78 is 0. The average Bonchev–Trinajstić information content (AvgIpc) is 2.50. The van der Waals surface area contributed by atoms with Crippen molar-refractivity contribution in [2.24, 2.45) is 5.92 Å². The zero-order valence-corrected chi connectivity index (χ0v) is 15.1. The molecule has 0 aromatic carbocycles. The second-order valence-corrected chi connectivity index (χ2v) is 7.40. The van der Waals surface area contributed by atoms with Crippen molar-refractivity contribution in [3.8, 4) is 0 Å². The highest BCUT2D eigenvalue weighted by Gasteiger charge is 2.35. The van der Waals surface area contributed by atoms with Gasteiger partial charge in [-0.25, -0.2) is 4.79 Å². The third-order valence-electron chi connectivity index (χ3n) is 5.59. The zero-order valence-electron chi connectivity index (χ0n) is 15.1. The Hall–Kier alpha value is -1.30. The number of amides is 2. The lowest BCUT2D eigenvalue weighted by Crippen LogP contribution is -2.57. The number of urea groups is 1. The Morgan fingerprint density at radius 2 is 1.67 bits per heavy atom. The van der Waals surface area contributed by atoms with Crippen LogP contribution in [0.1, 0.15) is 65.2 Å². The molecule has 2 fully saturated rings. The molecule has 0 bridgehead atoms. The number of hydrogen-bond donors (Lipinski definition) is 3. The molecule has 0 saturated heterocycles. The topological polar surface area (TPSA) is 81.7 Å². The number of likely N-dealkylation sites (N-methyl/N-ethyl adjacent to an activating group) is 1. The highest BCUT2D eigenvalue weighted by Crippen LogP contribution is 2.28. The van der Waals surface area contributed by atoms with Gasteiger partial charge in [-0.05, 0) is 51.0 Å². The fourth-order valence-electron chi connectivity index (χ4n) is 4.09. The van der Waals surface area contributed by atoms with Crippen molar-refractivity contribution in [1.29, 1.82) is 0 Å².